The molecule has 5 heteroatoms. The van der Waals surface area contributed by atoms with E-state index in [4.69, 9.17) is 27.9 Å². The van der Waals surface area contributed by atoms with Crippen LogP contribution in [-0.2, 0) is 4.74 Å². The predicted octanol–water partition coefficient (Wildman–Crippen LogP) is 5.78. The van der Waals surface area contributed by atoms with Crippen LogP contribution in [0.5, 0.6) is 0 Å². The maximum Gasteiger partial charge on any atom is 0.0919 e. The molecule has 0 spiro atoms. The van der Waals surface area contributed by atoms with Crippen LogP contribution in [0.3, 0.4) is 0 Å². The first-order valence-corrected chi connectivity index (χ1v) is 7.94. The van der Waals surface area contributed by atoms with Gasteiger partial charge in [-0.05, 0) is 43.0 Å². The summed E-state index contributed by atoms with van der Waals surface area (Å²) in [6, 6.07) is 5.40. The summed E-state index contributed by atoms with van der Waals surface area (Å²) in [6.45, 7) is 12.1. The summed E-state index contributed by atoms with van der Waals surface area (Å²) in [5.74, 6) is 0. The van der Waals surface area contributed by atoms with E-state index in [-0.39, 0.29) is 0 Å². The van der Waals surface area contributed by atoms with Gasteiger partial charge in [0.25, 0.3) is 0 Å². The number of nitrogens with zero attached hydrogens (tertiary/aromatic N) is 1. The van der Waals surface area contributed by atoms with E-state index >= 15 is 0 Å². The summed E-state index contributed by atoms with van der Waals surface area (Å²) < 4.78 is 5.20. The van der Waals surface area contributed by atoms with Crippen LogP contribution in [-0.4, -0.2) is 23.2 Å². The van der Waals surface area contributed by atoms with E-state index in [0.717, 1.165) is 28.8 Å². The quantitative estimate of drug-likeness (QED) is 0.749. The van der Waals surface area contributed by atoms with Crippen LogP contribution in [0.25, 0.3) is 0 Å². The molecule has 1 N–H and O–H groups in total. The first kappa shape index (κ1) is 21.0. The zero-order chi connectivity index (χ0) is 17.0. The number of nitrogens with one attached hydrogen (secondary N) is 1. The van der Waals surface area contributed by atoms with Gasteiger partial charge in [-0.15, -0.1) is 0 Å². The van der Waals surface area contributed by atoms with Gasteiger partial charge >= 0.3 is 0 Å². The minimum absolute atomic E-state index is 0.329. The van der Waals surface area contributed by atoms with E-state index in [1.807, 2.05) is 19.9 Å². The van der Waals surface area contributed by atoms with Gasteiger partial charge in [0.2, 0.25) is 0 Å². The lowest BCUT2D eigenvalue weighted by Crippen LogP contribution is -2.14. The number of benzene rings is 1. The summed E-state index contributed by atoms with van der Waals surface area (Å²) in [5, 5.41) is 1.50. The molecule has 0 saturated carbocycles. The molecule has 22 heavy (non-hydrogen) atoms. The summed E-state index contributed by atoms with van der Waals surface area (Å²) in [4.78, 5) is 6.42. The van der Waals surface area contributed by atoms with Crippen molar-refractivity contribution in [3.63, 3.8) is 0 Å². The maximum atomic E-state index is 5.72. The van der Waals surface area contributed by atoms with Crippen molar-refractivity contribution in [1.82, 2.24) is 9.97 Å². The Bertz CT molecular complexity index is 477. The number of aryl methyl sites for hydroxylation is 1. The summed E-state index contributed by atoms with van der Waals surface area (Å²) in [5.41, 5.74) is 1.35. The van der Waals surface area contributed by atoms with Crippen molar-refractivity contribution in [3.8, 4) is 0 Å². The van der Waals surface area contributed by atoms with Crippen LogP contribution in [0.2, 0.25) is 10.0 Å². The Morgan fingerprint density at radius 1 is 1.23 bits per heavy atom. The second-order valence-corrected chi connectivity index (χ2v) is 6.70. The molecule has 0 saturated heterocycles. The lowest BCUT2D eigenvalue weighted by molar-refractivity contribution is 0.0805. The summed E-state index contributed by atoms with van der Waals surface area (Å²) in [6.07, 6.45) is 5.08. The number of aromatic nitrogens is 2. The molecule has 0 bridgehead atoms. The fourth-order valence-corrected chi connectivity index (χ4v) is 1.58. The zero-order valence-corrected chi connectivity index (χ0v) is 15.5. The Hall–Kier alpha value is -1.03. The van der Waals surface area contributed by atoms with E-state index in [2.05, 4.69) is 30.7 Å². The Balaban J connectivity index is 0.000000312. The second-order valence-electron chi connectivity index (χ2n) is 5.85. The van der Waals surface area contributed by atoms with Crippen LogP contribution in [0.1, 0.15) is 33.3 Å². The van der Waals surface area contributed by atoms with E-state index in [1.165, 1.54) is 0 Å². The predicted molar refractivity (Wildman–Crippen MR) is 95.7 cm³/mol. The van der Waals surface area contributed by atoms with E-state index < -0.39 is 0 Å². The van der Waals surface area contributed by atoms with Gasteiger partial charge in [0, 0.05) is 29.0 Å². The van der Waals surface area contributed by atoms with Gasteiger partial charge in [-0.25, -0.2) is 4.98 Å². The van der Waals surface area contributed by atoms with E-state index in [1.54, 1.807) is 30.9 Å². The van der Waals surface area contributed by atoms with Crippen LogP contribution in [0.4, 0.5) is 0 Å². The highest BCUT2D eigenvalue weighted by Gasteiger charge is 2.08. The molecule has 2 rings (SSSR count). The molecule has 1 aromatic carbocycles. The minimum Gasteiger partial charge on any atom is -0.381 e. The van der Waals surface area contributed by atoms with Gasteiger partial charge < -0.3 is 9.72 Å². The maximum absolute atomic E-state index is 5.72. The normalized spacial score (nSPS) is 10.1. The Morgan fingerprint density at radius 2 is 1.91 bits per heavy atom. The minimum atomic E-state index is 0.329. The van der Waals surface area contributed by atoms with Crippen LogP contribution in [0.15, 0.2) is 36.9 Å². The number of ether oxygens (including phenoxy) is 1. The monoisotopic (exact) mass is 344 g/mol. The SMILES string of the molecule is CCOCC(C)(C)C.Cc1cc(Cl)ccc1Cl.c1c[nH]cn1. The molecular formula is C17H26Cl2N2O. The summed E-state index contributed by atoms with van der Waals surface area (Å²) >= 11 is 11.4. The molecule has 0 aliphatic rings. The van der Waals surface area contributed by atoms with Crippen molar-refractivity contribution in [2.45, 2.75) is 34.6 Å². The third-order valence-electron chi connectivity index (χ3n) is 2.27. The zero-order valence-electron chi connectivity index (χ0n) is 14.0. The number of aromatic amines is 1. The number of H-pyrrole nitrogens is 1. The van der Waals surface area contributed by atoms with E-state index in [9.17, 15) is 0 Å². The van der Waals surface area contributed by atoms with Crippen molar-refractivity contribution < 1.29 is 4.74 Å². The highest BCUT2D eigenvalue weighted by Crippen LogP contribution is 2.18. The lowest BCUT2D eigenvalue weighted by atomic mass is 9.99. The van der Waals surface area contributed by atoms with Crippen LogP contribution < -0.4 is 0 Å². The molecule has 124 valence electrons. The average molecular weight is 345 g/mol. The van der Waals surface area contributed by atoms with Crippen molar-refractivity contribution in [3.05, 3.63) is 52.5 Å². The topological polar surface area (TPSA) is 37.9 Å². The van der Waals surface area contributed by atoms with Gasteiger partial charge in [-0.3, -0.25) is 0 Å². The average Bonchev–Trinajstić information content (AvgIpc) is 3.00. The van der Waals surface area contributed by atoms with Gasteiger partial charge in [-0.1, -0.05) is 44.0 Å². The number of hydrogen-bond donors (Lipinski definition) is 1. The van der Waals surface area contributed by atoms with Crippen molar-refractivity contribution in [2.24, 2.45) is 5.41 Å². The molecule has 1 heterocycles. The molecule has 0 unspecified atom stereocenters. The number of rotatable bonds is 2. The second kappa shape index (κ2) is 11.5. The third kappa shape index (κ3) is 12.7. The fourth-order valence-electron chi connectivity index (χ4n) is 1.23. The van der Waals surface area contributed by atoms with Gasteiger partial charge in [-0.2, -0.15) is 0 Å². The Kier molecular flexibility index (Phi) is 11.0. The smallest absolute Gasteiger partial charge is 0.0919 e. The number of imidazole rings is 1. The largest absolute Gasteiger partial charge is 0.381 e. The molecule has 0 aliphatic carbocycles. The van der Waals surface area contributed by atoms with Crippen LogP contribution in [0, 0.1) is 12.3 Å². The molecule has 3 nitrogen and oxygen atoms in total. The van der Waals surface area contributed by atoms with Crippen molar-refractivity contribution in [1.29, 1.82) is 0 Å². The van der Waals surface area contributed by atoms with Crippen LogP contribution >= 0.6 is 23.2 Å². The molecule has 1 aromatic heterocycles. The number of halogens is 2. The fraction of sp³-hybridized carbons (Fsp3) is 0.471. The van der Waals surface area contributed by atoms with Gasteiger partial charge in [0.15, 0.2) is 0 Å². The van der Waals surface area contributed by atoms with Crippen molar-refractivity contribution >= 4 is 23.2 Å². The highest BCUT2D eigenvalue weighted by molar-refractivity contribution is 6.33. The molecular weight excluding hydrogens is 319 g/mol. The lowest BCUT2D eigenvalue weighted by Gasteiger charge is -2.16. The van der Waals surface area contributed by atoms with E-state index in [0.29, 0.717) is 5.41 Å². The molecule has 0 amide bonds. The third-order valence-corrected chi connectivity index (χ3v) is 2.92. The molecule has 0 aliphatic heterocycles. The Morgan fingerprint density at radius 3 is 2.18 bits per heavy atom. The Labute approximate surface area is 144 Å². The molecule has 0 atom stereocenters. The summed E-state index contributed by atoms with van der Waals surface area (Å²) in [7, 11) is 0. The van der Waals surface area contributed by atoms with Gasteiger partial charge in [0.05, 0.1) is 12.9 Å². The van der Waals surface area contributed by atoms with Gasteiger partial charge in [0.1, 0.15) is 0 Å². The standard InChI is InChI=1S/C7H6Cl2.C7H16O.C3H4N2/c1-5-4-6(8)2-3-7(5)9;1-5-8-6-7(2,3)4;1-2-5-3-4-1/h2-4H,1H3;5-6H2,1-4H3;1-3H,(H,4,5). The first-order chi connectivity index (χ1) is 10.3. The highest BCUT2D eigenvalue weighted by atomic mass is 35.5. The number of hydrogen-bond acceptors (Lipinski definition) is 2. The molecule has 2 aromatic rings. The first-order valence-electron chi connectivity index (χ1n) is 7.18. The molecule has 0 fully saturated rings. The van der Waals surface area contributed by atoms with Crippen molar-refractivity contribution in [2.75, 3.05) is 13.2 Å². The molecule has 0 radical (unpaired) electrons.